The number of aromatic nitrogens is 1. The number of fused-ring (bicyclic) bond motifs is 3. The Balaban J connectivity index is 1.77. The number of methoxy groups -OCH3 is 1. The quantitative estimate of drug-likeness (QED) is 0.244. The smallest absolute Gasteiger partial charge is 0.256 e. The van der Waals surface area contributed by atoms with E-state index in [-0.39, 0.29) is 27.7 Å². The molecular formula is C25H15BrCl2F2N2O2. The monoisotopic (exact) mass is 562 g/mol. The molecular weight excluding hydrogens is 549 g/mol. The largest absolute Gasteiger partial charge is 0.497 e. The summed E-state index contributed by atoms with van der Waals surface area (Å²) in [6.45, 7) is 0.170. The highest BCUT2D eigenvalue weighted by Gasteiger charge is 2.42. The molecule has 0 saturated carbocycles. The Bertz CT molecular complexity index is 1460. The van der Waals surface area contributed by atoms with Crippen LogP contribution < -0.4 is 4.74 Å². The van der Waals surface area contributed by atoms with Crippen molar-refractivity contribution < 1.29 is 18.3 Å². The van der Waals surface area contributed by atoms with Crippen LogP contribution in [0.2, 0.25) is 10.2 Å². The molecule has 1 atom stereocenters. The molecule has 0 spiro atoms. The number of amides is 1. The number of nitrogens with zero attached hydrogens (tertiary/aromatic N) is 2. The number of hydrogen-bond donors (Lipinski definition) is 0. The fraction of sp³-hybridized carbons (Fsp3) is 0.120. The Hall–Kier alpha value is -2.74. The van der Waals surface area contributed by atoms with E-state index in [0.717, 1.165) is 11.8 Å². The first-order valence-electron chi connectivity index (χ1n) is 10.1. The summed E-state index contributed by atoms with van der Waals surface area (Å²) < 4.78 is 35.1. The van der Waals surface area contributed by atoms with E-state index in [1.54, 1.807) is 30.2 Å². The van der Waals surface area contributed by atoms with Crippen LogP contribution in [0.3, 0.4) is 0 Å². The van der Waals surface area contributed by atoms with Crippen LogP contribution in [0, 0.1) is 11.6 Å². The van der Waals surface area contributed by atoms with Gasteiger partial charge in [0.1, 0.15) is 22.5 Å². The normalized spacial score (nSPS) is 15.2. The molecule has 0 fully saturated rings. The van der Waals surface area contributed by atoms with Gasteiger partial charge in [-0.1, -0.05) is 51.3 Å². The second-order valence-electron chi connectivity index (χ2n) is 7.82. The summed E-state index contributed by atoms with van der Waals surface area (Å²) in [7, 11) is 1.56. The minimum absolute atomic E-state index is 0.0676. The number of carbonyl (C=O) groups excluding carboxylic acids is 1. The van der Waals surface area contributed by atoms with E-state index in [9.17, 15) is 9.18 Å². The zero-order valence-electron chi connectivity index (χ0n) is 17.6. The maximum Gasteiger partial charge on any atom is 0.256 e. The maximum absolute atomic E-state index is 15.0. The predicted molar refractivity (Wildman–Crippen MR) is 131 cm³/mol. The van der Waals surface area contributed by atoms with Crippen LogP contribution in [-0.4, -0.2) is 22.9 Å². The van der Waals surface area contributed by atoms with Crippen molar-refractivity contribution in [2.24, 2.45) is 0 Å². The summed E-state index contributed by atoms with van der Waals surface area (Å²) >= 11 is 16.2. The van der Waals surface area contributed by atoms with Crippen LogP contribution in [0.25, 0.3) is 10.8 Å². The lowest BCUT2D eigenvalue weighted by molar-refractivity contribution is 0.0736. The van der Waals surface area contributed by atoms with Gasteiger partial charge >= 0.3 is 0 Å². The molecule has 0 bridgehead atoms. The van der Waals surface area contributed by atoms with Crippen LogP contribution in [0.4, 0.5) is 8.78 Å². The highest BCUT2D eigenvalue weighted by Crippen LogP contribution is 2.48. The van der Waals surface area contributed by atoms with Gasteiger partial charge in [0.05, 0.1) is 24.9 Å². The van der Waals surface area contributed by atoms with Crippen molar-refractivity contribution in [2.45, 2.75) is 12.6 Å². The molecule has 4 nitrogen and oxygen atoms in total. The van der Waals surface area contributed by atoms with Crippen molar-refractivity contribution in [3.05, 3.63) is 103 Å². The fourth-order valence-corrected chi connectivity index (χ4v) is 5.43. The van der Waals surface area contributed by atoms with Crippen molar-refractivity contribution in [1.82, 2.24) is 9.88 Å². The summed E-state index contributed by atoms with van der Waals surface area (Å²) in [5.74, 6) is -0.932. The molecule has 1 aromatic heterocycles. The molecule has 0 N–H and O–H groups in total. The van der Waals surface area contributed by atoms with Crippen molar-refractivity contribution >= 4 is 55.8 Å². The molecule has 1 aliphatic rings. The number of carbonyl (C=O) groups is 1. The second kappa shape index (κ2) is 8.80. The van der Waals surface area contributed by atoms with Crippen molar-refractivity contribution in [3.63, 3.8) is 0 Å². The van der Waals surface area contributed by atoms with Gasteiger partial charge in [0, 0.05) is 37.9 Å². The van der Waals surface area contributed by atoms with Gasteiger partial charge in [-0.3, -0.25) is 4.79 Å². The number of hydrogen-bond acceptors (Lipinski definition) is 3. The number of halogens is 5. The van der Waals surface area contributed by atoms with E-state index in [4.69, 9.17) is 27.9 Å². The van der Waals surface area contributed by atoms with Crippen molar-refractivity contribution in [3.8, 4) is 5.75 Å². The summed E-state index contributed by atoms with van der Waals surface area (Å²) in [4.78, 5) is 19.3. The topological polar surface area (TPSA) is 42.4 Å². The molecule has 2 heterocycles. The lowest BCUT2D eigenvalue weighted by atomic mass is 9.94. The second-order valence-corrected chi connectivity index (χ2v) is 9.44. The van der Waals surface area contributed by atoms with Crippen molar-refractivity contribution in [2.75, 3.05) is 7.11 Å². The Morgan fingerprint density at radius 3 is 2.56 bits per heavy atom. The van der Waals surface area contributed by atoms with E-state index >= 15 is 4.39 Å². The van der Waals surface area contributed by atoms with Crippen LogP contribution in [0.1, 0.15) is 33.1 Å². The molecule has 1 unspecified atom stereocenters. The third-order valence-electron chi connectivity index (χ3n) is 5.89. The van der Waals surface area contributed by atoms with Gasteiger partial charge in [-0.15, -0.1) is 0 Å². The van der Waals surface area contributed by atoms with Crippen LogP contribution in [0.5, 0.6) is 5.75 Å². The number of ether oxygens (including phenoxy) is 1. The van der Waals surface area contributed by atoms with E-state index in [1.165, 1.54) is 18.2 Å². The molecule has 0 radical (unpaired) electrons. The van der Waals surface area contributed by atoms with Gasteiger partial charge in [0.15, 0.2) is 0 Å². The van der Waals surface area contributed by atoms with Gasteiger partial charge in [0.2, 0.25) is 0 Å². The minimum atomic E-state index is -0.766. The van der Waals surface area contributed by atoms with Gasteiger partial charge < -0.3 is 9.64 Å². The average molecular weight is 564 g/mol. The number of rotatable bonds is 4. The summed E-state index contributed by atoms with van der Waals surface area (Å²) in [5.41, 5.74) is 1.83. The first-order chi connectivity index (χ1) is 16.3. The molecule has 1 aliphatic heterocycles. The molecule has 9 heteroatoms. The molecule has 1 amide bonds. The first kappa shape index (κ1) is 23.0. The molecule has 172 valence electrons. The Morgan fingerprint density at radius 2 is 1.85 bits per heavy atom. The van der Waals surface area contributed by atoms with Crippen LogP contribution in [0.15, 0.2) is 59.2 Å². The summed E-state index contributed by atoms with van der Waals surface area (Å²) in [6.07, 6.45) is 0.989. The van der Waals surface area contributed by atoms with Crippen LogP contribution >= 0.6 is 39.1 Å². The van der Waals surface area contributed by atoms with E-state index in [0.29, 0.717) is 26.7 Å². The summed E-state index contributed by atoms with van der Waals surface area (Å²) in [6, 6.07) is 12.1. The average Bonchev–Trinajstić information content (AvgIpc) is 3.11. The highest BCUT2D eigenvalue weighted by atomic mass is 79.9. The first-order valence-corrected chi connectivity index (χ1v) is 11.7. The standard InChI is InChI=1S/C25H15BrCl2F2N2O2/c1-34-14-5-2-12(3-6-14)11-32-23(15-8-13(29)4-7-18(15)27)21-17(26)9-16-20(22(21)25(32)33)19(30)10-31-24(16)28/h2-10,23H,11H2,1H3. The molecule has 0 aliphatic carbocycles. The number of pyridine rings is 1. The van der Waals surface area contributed by atoms with E-state index in [2.05, 4.69) is 20.9 Å². The fourth-order valence-electron chi connectivity index (χ4n) is 4.37. The molecule has 4 aromatic rings. The number of benzene rings is 3. The maximum atomic E-state index is 15.0. The zero-order chi connectivity index (χ0) is 24.1. The Morgan fingerprint density at radius 1 is 1.12 bits per heavy atom. The minimum Gasteiger partial charge on any atom is -0.497 e. The lowest BCUT2D eigenvalue weighted by Gasteiger charge is -2.27. The van der Waals surface area contributed by atoms with E-state index < -0.39 is 23.6 Å². The molecule has 3 aromatic carbocycles. The SMILES string of the molecule is COc1ccc(CN2C(=O)c3c(c(Br)cc4c(Cl)ncc(F)c34)C2c2cc(F)ccc2Cl)cc1. The van der Waals surface area contributed by atoms with Gasteiger partial charge in [0.25, 0.3) is 5.91 Å². The Kier molecular flexibility index (Phi) is 5.96. The zero-order valence-corrected chi connectivity index (χ0v) is 20.7. The van der Waals surface area contributed by atoms with Gasteiger partial charge in [-0.2, -0.15) is 0 Å². The Labute approximate surface area is 212 Å². The predicted octanol–water partition coefficient (Wildman–Crippen LogP) is 7.34. The lowest BCUT2D eigenvalue weighted by Crippen LogP contribution is -2.28. The summed E-state index contributed by atoms with van der Waals surface area (Å²) in [5, 5.41) is 0.725. The van der Waals surface area contributed by atoms with Crippen LogP contribution in [-0.2, 0) is 6.54 Å². The highest BCUT2D eigenvalue weighted by molar-refractivity contribution is 9.10. The molecule has 34 heavy (non-hydrogen) atoms. The van der Waals surface area contributed by atoms with Gasteiger partial charge in [-0.05, 0) is 42.0 Å². The molecule has 0 saturated heterocycles. The third-order valence-corrected chi connectivity index (χ3v) is 7.20. The van der Waals surface area contributed by atoms with Crippen molar-refractivity contribution in [1.29, 1.82) is 0 Å². The third kappa shape index (κ3) is 3.72. The van der Waals surface area contributed by atoms with E-state index in [1.807, 2.05) is 12.1 Å². The van der Waals surface area contributed by atoms with Gasteiger partial charge in [-0.25, -0.2) is 13.8 Å². The molecule has 5 rings (SSSR count).